The molecule has 0 bridgehead atoms. The fourth-order valence-electron chi connectivity index (χ4n) is 2.51. The Kier molecular flexibility index (Phi) is 4.35. The van der Waals surface area contributed by atoms with Gasteiger partial charge in [0.05, 0.1) is 4.90 Å². The fraction of sp³-hybridized carbons (Fsp3) is 0.533. The Hall–Kier alpha value is -1.60. The first-order chi connectivity index (χ1) is 10.5. The summed E-state index contributed by atoms with van der Waals surface area (Å²) >= 11 is 0. The monoisotopic (exact) mass is 323 g/mol. The lowest BCUT2D eigenvalue weighted by Crippen LogP contribution is -2.38. The van der Waals surface area contributed by atoms with Gasteiger partial charge in [0, 0.05) is 24.8 Å². The first-order valence-corrected chi connectivity index (χ1v) is 9.21. The zero-order valence-electron chi connectivity index (χ0n) is 12.4. The minimum absolute atomic E-state index is 0.0866. The molecule has 0 aromatic heterocycles. The van der Waals surface area contributed by atoms with Gasteiger partial charge in [-0.2, -0.15) is 0 Å². The van der Waals surface area contributed by atoms with Crippen molar-refractivity contribution >= 4 is 21.7 Å². The van der Waals surface area contributed by atoms with Crippen LogP contribution in [0.4, 0.5) is 10.5 Å². The second-order valence-corrected chi connectivity index (χ2v) is 7.61. The molecule has 0 atom stereocenters. The first-order valence-electron chi connectivity index (χ1n) is 7.73. The Labute approximate surface area is 130 Å². The fourth-order valence-corrected chi connectivity index (χ4v) is 3.81. The third kappa shape index (κ3) is 3.78. The Morgan fingerprint density at radius 1 is 1.05 bits per heavy atom. The largest absolute Gasteiger partial charge is 0.325 e. The van der Waals surface area contributed by atoms with Crippen molar-refractivity contribution < 1.29 is 13.2 Å². The van der Waals surface area contributed by atoms with Gasteiger partial charge in [0.15, 0.2) is 0 Å². The number of carbonyl (C=O) groups is 1. The third-order valence-electron chi connectivity index (χ3n) is 3.96. The Balaban J connectivity index is 1.62. The number of hydrogen-bond acceptors (Lipinski definition) is 3. The van der Waals surface area contributed by atoms with E-state index in [1.165, 1.54) is 18.6 Å². The van der Waals surface area contributed by atoms with Gasteiger partial charge in [-0.25, -0.2) is 17.9 Å². The van der Waals surface area contributed by atoms with Gasteiger partial charge in [-0.15, -0.1) is 0 Å². The minimum Gasteiger partial charge on any atom is -0.325 e. The van der Waals surface area contributed by atoms with Crippen molar-refractivity contribution in [1.82, 2.24) is 9.62 Å². The molecule has 1 aromatic carbocycles. The summed E-state index contributed by atoms with van der Waals surface area (Å²) in [5.74, 6) is 0. The average molecular weight is 323 g/mol. The average Bonchev–Trinajstić information content (AvgIpc) is 3.32. The van der Waals surface area contributed by atoms with Gasteiger partial charge in [0.25, 0.3) is 0 Å². The first kappa shape index (κ1) is 15.3. The summed E-state index contributed by atoms with van der Waals surface area (Å²) in [6.07, 6.45) is 5.06. The van der Waals surface area contributed by atoms with E-state index in [9.17, 15) is 13.2 Å². The van der Waals surface area contributed by atoms with Gasteiger partial charge in [-0.3, -0.25) is 0 Å². The van der Waals surface area contributed by atoms with Crippen molar-refractivity contribution in [3.63, 3.8) is 0 Å². The van der Waals surface area contributed by atoms with Gasteiger partial charge in [0.2, 0.25) is 10.0 Å². The summed E-state index contributed by atoms with van der Waals surface area (Å²) in [5, 5.41) is 2.82. The zero-order chi connectivity index (χ0) is 15.6. The number of benzene rings is 1. The molecular formula is C15H21N3O3S. The Morgan fingerprint density at radius 2 is 1.68 bits per heavy atom. The number of piperidine rings is 1. The molecule has 1 heterocycles. The summed E-state index contributed by atoms with van der Waals surface area (Å²) in [6.45, 7) is 1.56. The van der Waals surface area contributed by atoms with E-state index in [0.29, 0.717) is 5.69 Å². The second-order valence-electron chi connectivity index (χ2n) is 5.90. The topological polar surface area (TPSA) is 78.5 Å². The van der Waals surface area contributed by atoms with E-state index in [1.54, 1.807) is 17.0 Å². The number of anilines is 1. The molecule has 2 amide bonds. The standard InChI is InChI=1S/C15H21N3O3S/c19-15(18-10-2-1-3-11-18)16-12-6-8-14(9-7-12)22(20,21)17-13-4-5-13/h6-9,13,17H,1-5,10-11H2,(H,16,19). The molecule has 1 aromatic rings. The number of nitrogens with one attached hydrogen (secondary N) is 2. The predicted octanol–water partition coefficient (Wildman–Crippen LogP) is 2.15. The highest BCUT2D eigenvalue weighted by molar-refractivity contribution is 7.89. The van der Waals surface area contributed by atoms with E-state index >= 15 is 0 Å². The van der Waals surface area contributed by atoms with E-state index in [1.807, 2.05) is 0 Å². The summed E-state index contributed by atoms with van der Waals surface area (Å²) in [7, 11) is -3.44. The molecule has 1 saturated carbocycles. The van der Waals surface area contributed by atoms with E-state index in [2.05, 4.69) is 10.0 Å². The maximum atomic E-state index is 12.1. The van der Waals surface area contributed by atoms with Crippen molar-refractivity contribution in [1.29, 1.82) is 0 Å². The normalized spacial score (nSPS) is 19.0. The van der Waals surface area contributed by atoms with Crippen molar-refractivity contribution in [3.05, 3.63) is 24.3 Å². The van der Waals surface area contributed by atoms with E-state index in [-0.39, 0.29) is 17.0 Å². The second kappa shape index (κ2) is 6.26. The van der Waals surface area contributed by atoms with Crippen LogP contribution in [0.15, 0.2) is 29.2 Å². The highest BCUT2D eigenvalue weighted by atomic mass is 32.2. The van der Waals surface area contributed by atoms with Crippen LogP contribution in [0.1, 0.15) is 32.1 Å². The number of likely N-dealkylation sites (tertiary alicyclic amines) is 1. The highest BCUT2D eigenvalue weighted by Crippen LogP contribution is 2.23. The molecule has 2 fully saturated rings. The molecule has 0 radical (unpaired) electrons. The zero-order valence-corrected chi connectivity index (χ0v) is 13.2. The molecule has 7 heteroatoms. The summed E-state index contributed by atoms with van der Waals surface area (Å²) in [4.78, 5) is 14.1. The van der Waals surface area contributed by atoms with Crippen LogP contribution in [0.2, 0.25) is 0 Å². The molecule has 1 aliphatic heterocycles. The molecule has 2 N–H and O–H groups in total. The number of sulfonamides is 1. The van der Waals surface area contributed by atoms with Gasteiger partial charge in [-0.1, -0.05) is 0 Å². The number of urea groups is 1. The third-order valence-corrected chi connectivity index (χ3v) is 5.49. The van der Waals surface area contributed by atoms with Crippen LogP contribution in [0.25, 0.3) is 0 Å². The van der Waals surface area contributed by atoms with E-state index < -0.39 is 10.0 Å². The smallest absolute Gasteiger partial charge is 0.321 e. The molecule has 2 aliphatic rings. The van der Waals surface area contributed by atoms with Gasteiger partial charge >= 0.3 is 6.03 Å². The SMILES string of the molecule is O=C(Nc1ccc(S(=O)(=O)NC2CC2)cc1)N1CCCCC1. The molecule has 0 spiro atoms. The Bertz CT molecular complexity index is 633. The summed E-state index contributed by atoms with van der Waals surface area (Å²) in [5.41, 5.74) is 0.612. The lowest BCUT2D eigenvalue weighted by molar-refractivity contribution is 0.200. The number of amides is 2. The molecule has 1 aliphatic carbocycles. The van der Waals surface area contributed by atoms with Gasteiger partial charge in [-0.05, 0) is 56.4 Å². The highest BCUT2D eigenvalue weighted by Gasteiger charge is 2.27. The number of hydrogen-bond donors (Lipinski definition) is 2. The number of rotatable bonds is 4. The number of carbonyl (C=O) groups excluding carboxylic acids is 1. The van der Waals surface area contributed by atoms with Crippen LogP contribution in [0, 0.1) is 0 Å². The molecule has 120 valence electrons. The quantitative estimate of drug-likeness (QED) is 0.891. The maximum Gasteiger partial charge on any atom is 0.321 e. The van der Waals surface area contributed by atoms with Crippen molar-refractivity contribution in [2.75, 3.05) is 18.4 Å². The molecule has 3 rings (SSSR count). The van der Waals surface area contributed by atoms with Crippen LogP contribution < -0.4 is 10.0 Å². The summed E-state index contributed by atoms with van der Waals surface area (Å²) in [6, 6.07) is 6.27. The molecular weight excluding hydrogens is 302 g/mol. The van der Waals surface area contributed by atoms with Crippen LogP contribution in [0.3, 0.4) is 0 Å². The van der Waals surface area contributed by atoms with Crippen LogP contribution >= 0.6 is 0 Å². The van der Waals surface area contributed by atoms with Gasteiger partial charge in [0.1, 0.15) is 0 Å². The van der Waals surface area contributed by atoms with Crippen LogP contribution in [0.5, 0.6) is 0 Å². The van der Waals surface area contributed by atoms with Crippen molar-refractivity contribution in [3.8, 4) is 0 Å². The Morgan fingerprint density at radius 3 is 2.27 bits per heavy atom. The maximum absolute atomic E-state index is 12.1. The van der Waals surface area contributed by atoms with Crippen LogP contribution in [-0.4, -0.2) is 38.5 Å². The molecule has 0 unspecified atom stereocenters. The summed E-state index contributed by atoms with van der Waals surface area (Å²) < 4.78 is 26.7. The van der Waals surface area contributed by atoms with Crippen molar-refractivity contribution in [2.45, 2.75) is 43.0 Å². The lowest BCUT2D eigenvalue weighted by Gasteiger charge is -2.26. The molecule has 1 saturated heterocycles. The number of nitrogens with zero attached hydrogens (tertiary/aromatic N) is 1. The lowest BCUT2D eigenvalue weighted by atomic mass is 10.1. The predicted molar refractivity (Wildman–Crippen MR) is 84.2 cm³/mol. The van der Waals surface area contributed by atoms with E-state index in [4.69, 9.17) is 0 Å². The van der Waals surface area contributed by atoms with Gasteiger partial charge < -0.3 is 10.2 Å². The molecule has 22 heavy (non-hydrogen) atoms. The van der Waals surface area contributed by atoms with Crippen molar-refractivity contribution in [2.24, 2.45) is 0 Å². The van der Waals surface area contributed by atoms with E-state index in [0.717, 1.165) is 38.8 Å². The minimum atomic E-state index is -3.44. The molecule has 6 nitrogen and oxygen atoms in total. The van der Waals surface area contributed by atoms with Crippen LogP contribution in [-0.2, 0) is 10.0 Å².